The van der Waals surface area contributed by atoms with E-state index in [1.807, 2.05) is 56.3 Å². The van der Waals surface area contributed by atoms with Gasteiger partial charge in [0.25, 0.3) is 0 Å². The van der Waals surface area contributed by atoms with Crippen LogP contribution in [0.1, 0.15) is 78.9 Å². The maximum Gasteiger partial charge on any atom is 0.313 e. The van der Waals surface area contributed by atoms with Crippen LogP contribution in [-0.4, -0.2) is 87.6 Å². The van der Waals surface area contributed by atoms with Gasteiger partial charge in [-0.2, -0.15) is 0 Å². The van der Waals surface area contributed by atoms with Crippen LogP contribution in [-0.2, 0) is 28.7 Å². The van der Waals surface area contributed by atoms with Gasteiger partial charge in [-0.1, -0.05) is 75.4 Å². The van der Waals surface area contributed by atoms with Crippen molar-refractivity contribution in [2.45, 2.75) is 103 Å². The molecule has 1 spiro atoms. The average molecular weight is 636 g/mol. The Morgan fingerprint density at radius 3 is 2.41 bits per heavy atom. The third-order valence-corrected chi connectivity index (χ3v) is 9.60. The number of cyclic esters (lactones) is 1. The second kappa shape index (κ2) is 13.0. The normalized spacial score (nSPS) is 32.8. The summed E-state index contributed by atoms with van der Waals surface area (Å²) < 4.78 is 12.7. The van der Waals surface area contributed by atoms with Crippen molar-refractivity contribution in [3.05, 3.63) is 60.2 Å². The van der Waals surface area contributed by atoms with Crippen LogP contribution in [0.4, 0.5) is 0 Å². The Morgan fingerprint density at radius 1 is 1.02 bits per heavy atom. The van der Waals surface area contributed by atoms with Gasteiger partial charge in [-0.25, -0.2) is 0 Å². The minimum Gasteiger partial charge on any atom is -0.455 e. The summed E-state index contributed by atoms with van der Waals surface area (Å²) in [6, 6.07) is 7.64. The van der Waals surface area contributed by atoms with E-state index in [9.17, 15) is 24.3 Å². The third kappa shape index (κ3) is 6.38. The lowest BCUT2D eigenvalue weighted by atomic mass is 9.74. The number of amides is 3. The van der Waals surface area contributed by atoms with Gasteiger partial charge < -0.3 is 29.7 Å². The lowest BCUT2D eigenvalue weighted by molar-refractivity contribution is -0.161. The van der Waals surface area contributed by atoms with Crippen molar-refractivity contribution in [3.8, 4) is 0 Å². The molecule has 3 amide bonds. The lowest BCUT2D eigenvalue weighted by Gasteiger charge is -2.45. The minimum absolute atomic E-state index is 0.106. The molecular weight excluding hydrogens is 586 g/mol. The average Bonchev–Trinajstić information content (AvgIpc) is 3.62. The Morgan fingerprint density at radius 2 is 1.74 bits per heavy atom. The maximum absolute atomic E-state index is 14.9. The zero-order valence-electron chi connectivity index (χ0n) is 27.9. The molecule has 0 unspecified atom stereocenters. The Labute approximate surface area is 272 Å². The summed E-state index contributed by atoms with van der Waals surface area (Å²) in [5.41, 5.74) is -1.36. The number of hydrogen-bond donors (Lipinski definition) is 2. The topological polar surface area (TPSA) is 125 Å². The lowest BCUT2D eigenvalue weighted by Crippen LogP contribution is -2.60. The number of ether oxygens (including phenoxy) is 2. The summed E-state index contributed by atoms with van der Waals surface area (Å²) in [6.45, 7) is 12.5. The van der Waals surface area contributed by atoms with Crippen molar-refractivity contribution in [1.29, 1.82) is 0 Å². The number of aliphatic hydroxyl groups excluding tert-OH is 1. The van der Waals surface area contributed by atoms with Crippen molar-refractivity contribution in [2.24, 2.45) is 17.3 Å². The van der Waals surface area contributed by atoms with Gasteiger partial charge in [0.15, 0.2) is 0 Å². The van der Waals surface area contributed by atoms with E-state index in [-0.39, 0.29) is 55.7 Å². The first-order chi connectivity index (χ1) is 21.7. The summed E-state index contributed by atoms with van der Waals surface area (Å²) in [6.07, 6.45) is 7.48. The highest BCUT2D eigenvalue weighted by Crippen LogP contribution is 2.56. The van der Waals surface area contributed by atoms with E-state index in [0.29, 0.717) is 18.4 Å². The number of likely N-dealkylation sites (tertiary alicyclic amines) is 1. The highest BCUT2D eigenvalue weighted by atomic mass is 16.6. The standard InChI is InChI=1S/C36H49N3O7/c1-23-29(24-14-9-7-10-15-24)45-33(44)27-25-17-18-36(46-25)28(27)31(42)38(19-13-21-40)30(36)32(43)39(35(5,6)22-34(2,3)4)20-12-8-11-16-26(41)37-23/h7-10,12,14-15,17-18,23,25,27-30,40H,11,13,16,19-22H2,1-6H3,(H,37,41)/b12-8-/t23-,25+,27-,28-,29+,30+,36-/m1/s1. The predicted molar refractivity (Wildman–Crippen MR) is 172 cm³/mol. The van der Waals surface area contributed by atoms with E-state index in [2.05, 4.69) is 26.1 Å². The summed E-state index contributed by atoms with van der Waals surface area (Å²) in [7, 11) is 0. The molecule has 10 heteroatoms. The van der Waals surface area contributed by atoms with Gasteiger partial charge in [0.1, 0.15) is 23.7 Å². The fourth-order valence-electron chi connectivity index (χ4n) is 8.09. The number of allylic oxidation sites excluding steroid dienone is 1. The molecule has 0 aromatic heterocycles. The first kappa shape index (κ1) is 33.9. The third-order valence-electron chi connectivity index (χ3n) is 9.60. The van der Waals surface area contributed by atoms with Crippen LogP contribution in [0.5, 0.6) is 0 Å². The SMILES string of the molecule is C[C@H]1NC(=O)CC/C=C\CN(C(C)(C)CC(C)(C)C)C(=O)[C@@H]2N(CCCO)C(=O)[C@H]3[C@H](C(=O)O[C@@H]1c1ccccc1)[C@@H]1C=C[C@]23O1. The molecule has 250 valence electrons. The van der Waals surface area contributed by atoms with Crippen molar-refractivity contribution in [3.63, 3.8) is 0 Å². The Kier molecular flexibility index (Phi) is 9.53. The zero-order valence-corrected chi connectivity index (χ0v) is 27.9. The van der Waals surface area contributed by atoms with Crippen LogP contribution in [0.15, 0.2) is 54.6 Å². The number of nitrogens with zero attached hydrogens (tertiary/aromatic N) is 2. The van der Waals surface area contributed by atoms with Crippen molar-refractivity contribution >= 4 is 23.7 Å². The van der Waals surface area contributed by atoms with Crippen molar-refractivity contribution in [1.82, 2.24) is 15.1 Å². The zero-order chi connectivity index (χ0) is 33.4. The van der Waals surface area contributed by atoms with E-state index < -0.39 is 53.2 Å². The second-order valence-corrected chi connectivity index (χ2v) is 14.9. The highest BCUT2D eigenvalue weighted by molar-refractivity contribution is 5.99. The molecule has 4 aliphatic heterocycles. The van der Waals surface area contributed by atoms with Crippen LogP contribution < -0.4 is 5.32 Å². The molecule has 2 saturated heterocycles. The van der Waals surface area contributed by atoms with E-state index in [0.717, 1.165) is 0 Å². The van der Waals surface area contributed by atoms with E-state index in [1.165, 1.54) is 4.90 Å². The van der Waals surface area contributed by atoms with Crippen molar-refractivity contribution < 1.29 is 33.8 Å². The van der Waals surface area contributed by atoms with E-state index in [1.54, 1.807) is 24.0 Å². The number of carbonyl (C=O) groups is 4. The van der Waals surface area contributed by atoms with Gasteiger partial charge in [0.05, 0.1) is 18.1 Å². The number of nitrogens with one attached hydrogen (secondary N) is 1. The fourth-order valence-corrected chi connectivity index (χ4v) is 8.09. The minimum atomic E-state index is -1.35. The van der Waals surface area contributed by atoms with Crippen LogP contribution in [0.25, 0.3) is 0 Å². The molecule has 2 fully saturated rings. The van der Waals surface area contributed by atoms with Gasteiger partial charge in [-0.3, -0.25) is 19.2 Å². The van der Waals surface area contributed by atoms with Gasteiger partial charge >= 0.3 is 5.97 Å². The number of rotatable bonds is 6. The molecule has 10 nitrogen and oxygen atoms in total. The summed E-state index contributed by atoms with van der Waals surface area (Å²) in [5.74, 6) is -3.38. The quantitative estimate of drug-likeness (QED) is 0.361. The maximum atomic E-state index is 14.9. The summed E-state index contributed by atoms with van der Waals surface area (Å²) in [5, 5.41) is 12.7. The highest BCUT2D eigenvalue weighted by Gasteiger charge is 2.73. The van der Waals surface area contributed by atoms with E-state index in [4.69, 9.17) is 9.47 Å². The van der Waals surface area contributed by atoms with Gasteiger partial charge in [0, 0.05) is 31.7 Å². The molecule has 0 aliphatic carbocycles. The van der Waals surface area contributed by atoms with E-state index >= 15 is 0 Å². The van der Waals surface area contributed by atoms with Crippen LogP contribution >= 0.6 is 0 Å². The molecule has 1 aromatic carbocycles. The fraction of sp³-hybridized carbons (Fsp3) is 0.611. The summed E-state index contributed by atoms with van der Waals surface area (Å²) >= 11 is 0. The molecule has 5 rings (SSSR count). The Balaban J connectivity index is 1.60. The molecular formula is C36H49N3O7. The first-order valence-electron chi connectivity index (χ1n) is 16.5. The number of esters is 1. The predicted octanol–water partition coefficient (Wildman–Crippen LogP) is 3.70. The Hall–Kier alpha value is -3.50. The molecule has 2 N–H and O–H groups in total. The largest absolute Gasteiger partial charge is 0.455 e. The van der Waals surface area contributed by atoms with Crippen LogP contribution in [0, 0.1) is 17.3 Å². The molecule has 0 saturated carbocycles. The number of fused-ring (bicyclic) bond motifs is 2. The molecule has 1 aromatic rings. The van der Waals surface area contributed by atoms with Crippen molar-refractivity contribution in [2.75, 3.05) is 19.7 Å². The van der Waals surface area contributed by atoms with Crippen LogP contribution in [0.3, 0.4) is 0 Å². The number of hydrogen-bond acceptors (Lipinski definition) is 7. The molecule has 4 heterocycles. The summed E-state index contributed by atoms with van der Waals surface area (Å²) in [4.78, 5) is 59.7. The van der Waals surface area contributed by atoms with Gasteiger partial charge in [-0.05, 0) is 51.0 Å². The first-order valence-corrected chi connectivity index (χ1v) is 16.5. The molecule has 0 radical (unpaired) electrons. The monoisotopic (exact) mass is 635 g/mol. The smallest absolute Gasteiger partial charge is 0.313 e. The number of aliphatic hydroxyl groups is 1. The van der Waals surface area contributed by atoms with Crippen LogP contribution in [0.2, 0.25) is 0 Å². The number of benzene rings is 1. The molecule has 4 aliphatic rings. The molecule has 7 atom stereocenters. The van der Waals surface area contributed by atoms with Gasteiger partial charge in [0.2, 0.25) is 17.7 Å². The second-order valence-electron chi connectivity index (χ2n) is 14.9. The van der Waals surface area contributed by atoms with Gasteiger partial charge in [-0.15, -0.1) is 0 Å². The number of carbonyl (C=O) groups excluding carboxylic acids is 4. The Bertz CT molecular complexity index is 1380. The molecule has 5 bridgehead atoms. The molecule has 46 heavy (non-hydrogen) atoms.